The number of amides is 1. The number of aromatic nitrogens is 2. The number of carboxylic acids is 2. The number of carbonyl (C=O) groups is 3. The first-order valence-corrected chi connectivity index (χ1v) is 6.16. The van der Waals surface area contributed by atoms with Crippen LogP contribution in [0.4, 0.5) is 0 Å². The molecule has 8 nitrogen and oxygen atoms in total. The van der Waals surface area contributed by atoms with Gasteiger partial charge in [-0.05, 0) is 24.6 Å². The molecule has 1 atom stereocenters. The highest BCUT2D eigenvalue weighted by molar-refractivity contribution is 5.99. The normalized spacial score (nSPS) is 12.0. The zero-order chi connectivity index (χ0) is 15.4. The first kappa shape index (κ1) is 14.5. The minimum Gasteiger partial charge on any atom is -0.481 e. The maximum Gasteiger partial charge on any atom is 0.326 e. The predicted molar refractivity (Wildman–Crippen MR) is 71.9 cm³/mol. The molecule has 21 heavy (non-hydrogen) atoms. The summed E-state index contributed by atoms with van der Waals surface area (Å²) in [6.07, 6.45) is 0.971. The number of H-pyrrole nitrogens is 1. The van der Waals surface area contributed by atoms with Gasteiger partial charge in [-0.25, -0.2) is 9.78 Å². The number of carboxylic acid groups (broad SMARTS) is 2. The number of hydrogen-bond acceptors (Lipinski definition) is 4. The van der Waals surface area contributed by atoms with Gasteiger partial charge in [-0.15, -0.1) is 0 Å². The molecule has 8 heteroatoms. The van der Waals surface area contributed by atoms with E-state index in [-0.39, 0.29) is 18.4 Å². The van der Waals surface area contributed by atoms with E-state index >= 15 is 0 Å². The van der Waals surface area contributed by atoms with Gasteiger partial charge in [0, 0.05) is 12.0 Å². The number of nitrogens with zero attached hydrogens (tertiary/aromatic N) is 1. The van der Waals surface area contributed by atoms with Crippen LogP contribution in [0.25, 0.3) is 11.0 Å². The average Bonchev–Trinajstić information content (AvgIpc) is 2.89. The number of hydrogen-bond donors (Lipinski definition) is 4. The lowest BCUT2D eigenvalue weighted by molar-refractivity contribution is -0.140. The fraction of sp³-hybridized carbons (Fsp3) is 0.231. The minimum atomic E-state index is -1.27. The Bertz CT molecular complexity index is 694. The molecule has 0 bridgehead atoms. The third-order valence-electron chi connectivity index (χ3n) is 2.93. The second-order valence-corrected chi connectivity index (χ2v) is 4.43. The molecule has 1 aromatic carbocycles. The summed E-state index contributed by atoms with van der Waals surface area (Å²) in [6, 6.07) is 3.46. The summed E-state index contributed by atoms with van der Waals surface area (Å²) in [7, 11) is 0. The summed E-state index contributed by atoms with van der Waals surface area (Å²) in [5, 5.41) is 19.9. The molecule has 2 rings (SSSR count). The molecule has 1 amide bonds. The standard InChI is InChI=1S/C13H13N3O5/c17-11(18)4-3-9(13(20)21)16-12(19)7-1-2-8-10(5-7)15-6-14-8/h1-2,5-6,9H,3-4H2,(H,14,15)(H,16,19)(H,17,18)(H,20,21). The van der Waals surface area contributed by atoms with E-state index in [4.69, 9.17) is 10.2 Å². The Morgan fingerprint density at radius 1 is 1.29 bits per heavy atom. The van der Waals surface area contributed by atoms with Gasteiger partial charge in [0.2, 0.25) is 0 Å². The fourth-order valence-corrected chi connectivity index (χ4v) is 1.84. The number of imidazole rings is 1. The first-order chi connectivity index (χ1) is 9.97. The highest BCUT2D eigenvalue weighted by atomic mass is 16.4. The van der Waals surface area contributed by atoms with E-state index in [9.17, 15) is 14.4 Å². The van der Waals surface area contributed by atoms with E-state index in [0.717, 1.165) is 0 Å². The van der Waals surface area contributed by atoms with E-state index in [1.54, 1.807) is 12.1 Å². The zero-order valence-corrected chi connectivity index (χ0v) is 10.9. The number of benzene rings is 1. The molecule has 0 saturated carbocycles. The van der Waals surface area contributed by atoms with Gasteiger partial charge in [-0.3, -0.25) is 9.59 Å². The zero-order valence-electron chi connectivity index (χ0n) is 10.9. The molecule has 0 fully saturated rings. The molecule has 0 aliphatic heterocycles. The van der Waals surface area contributed by atoms with Crippen LogP contribution in [0.1, 0.15) is 23.2 Å². The summed E-state index contributed by atoms with van der Waals surface area (Å²) in [5.74, 6) is -2.97. The van der Waals surface area contributed by atoms with Crippen molar-refractivity contribution in [1.82, 2.24) is 15.3 Å². The third kappa shape index (κ3) is 3.56. The van der Waals surface area contributed by atoms with Gasteiger partial charge in [-0.2, -0.15) is 0 Å². The molecule has 110 valence electrons. The second-order valence-electron chi connectivity index (χ2n) is 4.43. The van der Waals surface area contributed by atoms with Gasteiger partial charge >= 0.3 is 11.9 Å². The molecule has 0 aliphatic rings. The van der Waals surface area contributed by atoms with Crippen molar-refractivity contribution in [2.24, 2.45) is 0 Å². The smallest absolute Gasteiger partial charge is 0.326 e. The molecular weight excluding hydrogens is 278 g/mol. The number of fused-ring (bicyclic) bond motifs is 1. The first-order valence-electron chi connectivity index (χ1n) is 6.16. The Morgan fingerprint density at radius 3 is 2.71 bits per heavy atom. The third-order valence-corrected chi connectivity index (χ3v) is 2.93. The molecule has 0 radical (unpaired) electrons. The lowest BCUT2D eigenvalue weighted by Gasteiger charge is -2.13. The van der Waals surface area contributed by atoms with Crippen molar-refractivity contribution in [2.45, 2.75) is 18.9 Å². The monoisotopic (exact) mass is 291 g/mol. The van der Waals surface area contributed by atoms with Crippen LogP contribution in [0.15, 0.2) is 24.5 Å². The van der Waals surface area contributed by atoms with Gasteiger partial charge in [0.05, 0.1) is 17.4 Å². The predicted octanol–water partition coefficient (Wildman–Crippen LogP) is 0.611. The highest BCUT2D eigenvalue weighted by Crippen LogP contribution is 2.12. The molecule has 0 saturated heterocycles. The van der Waals surface area contributed by atoms with E-state index < -0.39 is 23.9 Å². The average molecular weight is 291 g/mol. The Kier molecular flexibility index (Phi) is 4.17. The van der Waals surface area contributed by atoms with Crippen LogP contribution in [-0.2, 0) is 9.59 Å². The number of aromatic amines is 1. The Balaban J connectivity index is 2.10. The Labute approximate surface area is 118 Å². The summed E-state index contributed by atoms with van der Waals surface area (Å²) in [5.41, 5.74) is 1.61. The van der Waals surface area contributed by atoms with Crippen molar-refractivity contribution in [3.63, 3.8) is 0 Å². The number of aliphatic carboxylic acids is 2. The maximum absolute atomic E-state index is 12.0. The maximum atomic E-state index is 12.0. The van der Waals surface area contributed by atoms with E-state index in [1.807, 2.05) is 0 Å². The lowest BCUT2D eigenvalue weighted by atomic mass is 10.1. The van der Waals surface area contributed by atoms with Gasteiger partial charge in [0.15, 0.2) is 0 Å². The molecule has 1 aromatic heterocycles. The molecular formula is C13H13N3O5. The highest BCUT2D eigenvalue weighted by Gasteiger charge is 2.21. The van der Waals surface area contributed by atoms with Crippen molar-refractivity contribution < 1.29 is 24.6 Å². The van der Waals surface area contributed by atoms with E-state index in [2.05, 4.69) is 15.3 Å². The Hall–Kier alpha value is -2.90. The van der Waals surface area contributed by atoms with E-state index in [1.165, 1.54) is 12.4 Å². The fourth-order valence-electron chi connectivity index (χ4n) is 1.84. The SMILES string of the molecule is O=C(O)CCC(NC(=O)c1ccc2nc[nH]c2c1)C(=O)O. The number of rotatable bonds is 6. The minimum absolute atomic E-state index is 0.178. The van der Waals surface area contributed by atoms with Gasteiger partial charge in [0.1, 0.15) is 6.04 Å². The number of carbonyl (C=O) groups excluding carboxylic acids is 1. The van der Waals surface area contributed by atoms with Gasteiger partial charge < -0.3 is 20.5 Å². The van der Waals surface area contributed by atoms with Crippen molar-refractivity contribution in [3.8, 4) is 0 Å². The van der Waals surface area contributed by atoms with E-state index in [0.29, 0.717) is 11.0 Å². The van der Waals surface area contributed by atoms with Crippen LogP contribution >= 0.6 is 0 Å². The molecule has 1 heterocycles. The number of nitrogens with one attached hydrogen (secondary N) is 2. The largest absolute Gasteiger partial charge is 0.481 e. The van der Waals surface area contributed by atoms with Gasteiger partial charge in [0.25, 0.3) is 5.91 Å². The summed E-state index contributed by atoms with van der Waals surface area (Å²) < 4.78 is 0. The summed E-state index contributed by atoms with van der Waals surface area (Å²) in [4.78, 5) is 40.4. The molecule has 0 aliphatic carbocycles. The second kappa shape index (κ2) is 6.04. The van der Waals surface area contributed by atoms with Crippen LogP contribution in [0.2, 0.25) is 0 Å². The van der Waals surface area contributed by atoms with Crippen molar-refractivity contribution >= 4 is 28.9 Å². The van der Waals surface area contributed by atoms with Gasteiger partial charge in [-0.1, -0.05) is 0 Å². The lowest BCUT2D eigenvalue weighted by Crippen LogP contribution is -2.41. The molecule has 1 unspecified atom stereocenters. The van der Waals surface area contributed by atoms with Crippen LogP contribution in [0.3, 0.4) is 0 Å². The van der Waals surface area contributed by atoms with Crippen molar-refractivity contribution in [2.75, 3.05) is 0 Å². The molecule has 4 N–H and O–H groups in total. The molecule has 2 aromatic rings. The summed E-state index contributed by atoms with van der Waals surface area (Å²) in [6.45, 7) is 0. The Morgan fingerprint density at radius 2 is 2.05 bits per heavy atom. The van der Waals surface area contributed by atoms with Crippen molar-refractivity contribution in [1.29, 1.82) is 0 Å². The van der Waals surface area contributed by atoms with Crippen LogP contribution in [0.5, 0.6) is 0 Å². The quantitative estimate of drug-likeness (QED) is 0.616. The summed E-state index contributed by atoms with van der Waals surface area (Å²) >= 11 is 0. The van der Waals surface area contributed by atoms with Crippen LogP contribution in [0, 0.1) is 0 Å². The van der Waals surface area contributed by atoms with Crippen LogP contribution in [-0.4, -0.2) is 44.1 Å². The topological polar surface area (TPSA) is 132 Å². The van der Waals surface area contributed by atoms with Crippen molar-refractivity contribution in [3.05, 3.63) is 30.1 Å². The van der Waals surface area contributed by atoms with Crippen LogP contribution < -0.4 is 5.32 Å². The molecule has 0 spiro atoms.